The summed E-state index contributed by atoms with van der Waals surface area (Å²) in [4.78, 5) is 6.04. The first kappa shape index (κ1) is 14.5. The van der Waals surface area contributed by atoms with Crippen molar-refractivity contribution in [2.24, 2.45) is 0 Å². The molecule has 0 atom stereocenters. The second kappa shape index (κ2) is 5.53. The molecule has 116 valence electrons. The highest BCUT2D eigenvalue weighted by Crippen LogP contribution is 2.35. The van der Waals surface area contributed by atoms with Crippen LogP contribution in [0.1, 0.15) is 17.1 Å². The number of rotatable bonds is 2. The van der Waals surface area contributed by atoms with Gasteiger partial charge in [-0.3, -0.25) is 4.57 Å². The van der Waals surface area contributed by atoms with Crippen LogP contribution in [-0.2, 0) is 12.8 Å². The topological polar surface area (TPSA) is 17.8 Å². The van der Waals surface area contributed by atoms with E-state index in [-0.39, 0.29) is 5.82 Å². The minimum absolute atomic E-state index is 0.213. The van der Waals surface area contributed by atoms with Crippen LogP contribution in [0, 0.1) is 12.7 Å². The zero-order chi connectivity index (χ0) is 16.0. The van der Waals surface area contributed by atoms with Crippen LogP contribution in [0.15, 0.2) is 47.4 Å². The van der Waals surface area contributed by atoms with Gasteiger partial charge in [-0.1, -0.05) is 0 Å². The Morgan fingerprint density at radius 2 is 1.87 bits per heavy atom. The fourth-order valence-electron chi connectivity index (χ4n) is 3.31. The molecule has 0 unspecified atom stereocenters. The second-order valence-electron chi connectivity index (χ2n) is 5.80. The zero-order valence-electron chi connectivity index (χ0n) is 13.1. The average Bonchev–Trinajstić information content (AvgIpc) is 2.91. The van der Waals surface area contributed by atoms with E-state index in [2.05, 4.69) is 29.0 Å². The Morgan fingerprint density at radius 1 is 1.09 bits per heavy atom. The third-order valence-electron chi connectivity index (χ3n) is 4.38. The van der Waals surface area contributed by atoms with Gasteiger partial charge >= 0.3 is 0 Å². The molecule has 0 saturated heterocycles. The van der Waals surface area contributed by atoms with Crippen molar-refractivity contribution in [3.05, 3.63) is 65.4 Å². The van der Waals surface area contributed by atoms with Gasteiger partial charge in [0.25, 0.3) is 0 Å². The van der Waals surface area contributed by atoms with Gasteiger partial charge in [-0.05, 0) is 67.6 Å². The third kappa shape index (κ3) is 2.38. The maximum Gasteiger partial charge on any atom is 0.123 e. The Balaban J connectivity index is 1.94. The highest BCUT2D eigenvalue weighted by atomic mass is 32.2. The molecule has 4 heteroatoms. The predicted molar refractivity (Wildman–Crippen MR) is 92.9 cm³/mol. The standard InChI is InChI=1S/C19H17FN2S/c1-12-19(13-3-6-15(20)7-4-13)22-17-9-8-16(23-2)11-14(17)5-10-18(22)21-12/h3-4,6-9,11H,5,10H2,1-2H3. The minimum atomic E-state index is -0.213. The molecule has 1 aromatic heterocycles. The number of imidazole rings is 1. The van der Waals surface area contributed by atoms with E-state index in [0.29, 0.717) is 0 Å². The fraction of sp³-hybridized carbons (Fsp3) is 0.211. The van der Waals surface area contributed by atoms with Crippen molar-refractivity contribution in [2.75, 3.05) is 6.26 Å². The van der Waals surface area contributed by atoms with Crippen molar-refractivity contribution in [1.82, 2.24) is 9.55 Å². The van der Waals surface area contributed by atoms with Crippen molar-refractivity contribution in [3.63, 3.8) is 0 Å². The Labute approximate surface area is 139 Å². The average molecular weight is 324 g/mol. The molecule has 2 aromatic carbocycles. The van der Waals surface area contributed by atoms with Gasteiger partial charge in [0.05, 0.1) is 17.1 Å². The van der Waals surface area contributed by atoms with Gasteiger partial charge in [-0.25, -0.2) is 9.37 Å². The van der Waals surface area contributed by atoms with Crippen molar-refractivity contribution in [1.29, 1.82) is 0 Å². The van der Waals surface area contributed by atoms with Crippen molar-refractivity contribution in [3.8, 4) is 16.9 Å². The van der Waals surface area contributed by atoms with Gasteiger partial charge in [0.15, 0.2) is 0 Å². The largest absolute Gasteiger partial charge is 0.296 e. The first-order valence-corrected chi connectivity index (χ1v) is 8.91. The van der Waals surface area contributed by atoms with Crippen molar-refractivity contribution < 1.29 is 4.39 Å². The van der Waals surface area contributed by atoms with Crippen LogP contribution in [-0.4, -0.2) is 15.8 Å². The molecule has 0 radical (unpaired) electrons. The molecular formula is C19H17FN2S. The first-order chi connectivity index (χ1) is 11.2. The van der Waals surface area contributed by atoms with Gasteiger partial charge in [0.1, 0.15) is 11.6 Å². The highest BCUT2D eigenvalue weighted by molar-refractivity contribution is 7.98. The maximum absolute atomic E-state index is 13.3. The second-order valence-corrected chi connectivity index (χ2v) is 6.68. The summed E-state index contributed by atoms with van der Waals surface area (Å²) >= 11 is 1.76. The van der Waals surface area contributed by atoms with E-state index in [0.717, 1.165) is 35.6 Å². The van der Waals surface area contributed by atoms with Gasteiger partial charge in [-0.2, -0.15) is 0 Å². The Hall–Kier alpha value is -2.07. The van der Waals surface area contributed by atoms with E-state index >= 15 is 0 Å². The highest BCUT2D eigenvalue weighted by Gasteiger charge is 2.23. The number of halogens is 1. The molecule has 1 aliphatic rings. The van der Waals surface area contributed by atoms with E-state index < -0.39 is 0 Å². The molecule has 4 rings (SSSR count). The number of aromatic nitrogens is 2. The first-order valence-electron chi connectivity index (χ1n) is 7.69. The summed E-state index contributed by atoms with van der Waals surface area (Å²) in [6, 6.07) is 13.3. The Morgan fingerprint density at radius 3 is 2.61 bits per heavy atom. The van der Waals surface area contributed by atoms with E-state index in [9.17, 15) is 4.39 Å². The van der Waals surface area contributed by atoms with Crippen LogP contribution in [0.2, 0.25) is 0 Å². The molecule has 0 amide bonds. The van der Waals surface area contributed by atoms with Crippen LogP contribution in [0.5, 0.6) is 0 Å². The van der Waals surface area contributed by atoms with E-state index in [1.165, 1.54) is 28.3 Å². The monoisotopic (exact) mass is 324 g/mol. The number of hydrogen-bond donors (Lipinski definition) is 0. The third-order valence-corrected chi connectivity index (χ3v) is 5.11. The molecule has 2 heterocycles. The summed E-state index contributed by atoms with van der Waals surface area (Å²) in [6.45, 7) is 2.03. The molecule has 1 aliphatic heterocycles. The Kier molecular flexibility index (Phi) is 3.49. The lowest BCUT2D eigenvalue weighted by Gasteiger charge is -2.21. The normalized spacial score (nSPS) is 12.8. The maximum atomic E-state index is 13.3. The quantitative estimate of drug-likeness (QED) is 0.630. The number of nitrogens with zero attached hydrogens (tertiary/aromatic N) is 2. The Bertz CT molecular complexity index is 881. The molecule has 0 fully saturated rings. The summed E-state index contributed by atoms with van der Waals surface area (Å²) in [5.74, 6) is 0.876. The molecular weight excluding hydrogens is 307 g/mol. The lowest BCUT2D eigenvalue weighted by molar-refractivity contribution is 0.628. The minimum Gasteiger partial charge on any atom is -0.296 e. The molecule has 0 bridgehead atoms. The van der Waals surface area contributed by atoms with Crippen LogP contribution in [0.4, 0.5) is 4.39 Å². The zero-order valence-corrected chi connectivity index (χ0v) is 14.0. The smallest absolute Gasteiger partial charge is 0.123 e. The van der Waals surface area contributed by atoms with Crippen LogP contribution in [0.3, 0.4) is 0 Å². The number of benzene rings is 2. The van der Waals surface area contributed by atoms with E-state index in [4.69, 9.17) is 4.98 Å². The predicted octanol–water partition coefficient (Wildman–Crippen LogP) is 4.81. The number of aryl methyl sites for hydroxylation is 3. The summed E-state index contributed by atoms with van der Waals surface area (Å²) in [7, 11) is 0. The fourth-order valence-corrected chi connectivity index (χ4v) is 3.78. The van der Waals surface area contributed by atoms with Crippen molar-refractivity contribution >= 4 is 11.8 Å². The summed E-state index contributed by atoms with van der Waals surface area (Å²) in [6.07, 6.45) is 4.05. The van der Waals surface area contributed by atoms with Gasteiger partial charge in [-0.15, -0.1) is 11.8 Å². The summed E-state index contributed by atoms with van der Waals surface area (Å²) in [5, 5.41) is 0. The SMILES string of the molecule is CSc1ccc2c(c1)CCc1nc(C)c(-c3ccc(F)cc3)n1-2. The van der Waals surface area contributed by atoms with Crippen LogP contribution < -0.4 is 0 Å². The van der Waals surface area contributed by atoms with E-state index in [1.54, 1.807) is 11.8 Å². The molecule has 2 nitrogen and oxygen atoms in total. The lowest BCUT2D eigenvalue weighted by Crippen LogP contribution is -2.13. The molecule has 0 spiro atoms. The number of fused-ring (bicyclic) bond motifs is 3. The van der Waals surface area contributed by atoms with Gasteiger partial charge in [0.2, 0.25) is 0 Å². The van der Waals surface area contributed by atoms with Gasteiger partial charge in [0, 0.05) is 16.9 Å². The van der Waals surface area contributed by atoms with Gasteiger partial charge < -0.3 is 0 Å². The van der Waals surface area contributed by atoms with Crippen LogP contribution in [0.25, 0.3) is 16.9 Å². The summed E-state index contributed by atoms with van der Waals surface area (Å²) in [5.41, 5.74) is 5.62. The lowest BCUT2D eigenvalue weighted by atomic mass is 10.0. The summed E-state index contributed by atoms with van der Waals surface area (Å²) < 4.78 is 15.5. The number of thioether (sulfide) groups is 1. The number of hydrogen-bond acceptors (Lipinski definition) is 2. The molecule has 0 N–H and O–H groups in total. The van der Waals surface area contributed by atoms with E-state index in [1.807, 2.05) is 19.1 Å². The molecule has 23 heavy (non-hydrogen) atoms. The van der Waals surface area contributed by atoms with Crippen LogP contribution >= 0.6 is 11.8 Å². The van der Waals surface area contributed by atoms with Crippen molar-refractivity contribution in [2.45, 2.75) is 24.7 Å². The molecule has 3 aromatic rings. The molecule has 0 saturated carbocycles. The molecule has 0 aliphatic carbocycles.